The second-order valence-corrected chi connectivity index (χ2v) is 9.07. The number of thiophene rings is 1. The maximum atomic E-state index is 12.3. The van der Waals surface area contributed by atoms with Crippen LogP contribution in [0.5, 0.6) is 0 Å². The van der Waals surface area contributed by atoms with E-state index in [9.17, 15) is 13.2 Å². The van der Waals surface area contributed by atoms with Gasteiger partial charge in [-0.1, -0.05) is 23.2 Å². The normalized spacial score (nSPS) is 11.3. The molecule has 0 fully saturated rings. The van der Waals surface area contributed by atoms with Gasteiger partial charge in [0.05, 0.1) is 21.5 Å². The molecule has 2 aromatic rings. The zero-order valence-electron chi connectivity index (χ0n) is 12.3. The van der Waals surface area contributed by atoms with Gasteiger partial charge >= 0.3 is 0 Å². The van der Waals surface area contributed by atoms with Gasteiger partial charge in [-0.05, 0) is 30.3 Å². The number of carbonyl (C=O) groups is 1. The van der Waals surface area contributed by atoms with E-state index in [1.54, 1.807) is 0 Å². The van der Waals surface area contributed by atoms with Gasteiger partial charge in [-0.25, -0.2) is 8.42 Å². The summed E-state index contributed by atoms with van der Waals surface area (Å²) in [6, 6.07) is 9.17. The molecule has 0 spiro atoms. The minimum Gasteiger partial charge on any atom is -0.325 e. The van der Waals surface area contributed by atoms with Crippen molar-refractivity contribution in [2.24, 2.45) is 0 Å². The van der Waals surface area contributed by atoms with Crippen molar-refractivity contribution in [3.8, 4) is 6.07 Å². The number of likely N-dealkylation sites (N-methyl/N-ethyl adjacent to an activating group) is 1. The van der Waals surface area contributed by atoms with Gasteiger partial charge in [0.15, 0.2) is 0 Å². The van der Waals surface area contributed by atoms with Crippen molar-refractivity contribution in [2.45, 2.75) is 4.21 Å². The second kappa shape index (κ2) is 7.51. The Kier molecular flexibility index (Phi) is 5.85. The maximum absolute atomic E-state index is 12.3. The summed E-state index contributed by atoms with van der Waals surface area (Å²) in [6.45, 7) is -0.379. The van der Waals surface area contributed by atoms with Gasteiger partial charge < -0.3 is 5.32 Å². The Morgan fingerprint density at radius 2 is 2.04 bits per heavy atom. The molecule has 2 rings (SSSR count). The number of nitrogens with zero attached hydrogens (tertiary/aromatic N) is 2. The number of benzene rings is 1. The van der Waals surface area contributed by atoms with E-state index in [0.29, 0.717) is 10.0 Å². The highest BCUT2D eigenvalue weighted by molar-refractivity contribution is 7.91. The number of amides is 1. The number of halogens is 2. The Balaban J connectivity index is 2.07. The molecule has 0 aliphatic rings. The third kappa shape index (κ3) is 4.26. The zero-order valence-corrected chi connectivity index (χ0v) is 15.4. The fourth-order valence-corrected chi connectivity index (χ4v) is 4.80. The minimum atomic E-state index is -3.79. The Morgan fingerprint density at radius 1 is 1.33 bits per heavy atom. The van der Waals surface area contributed by atoms with Gasteiger partial charge in [0.25, 0.3) is 10.0 Å². The Labute approximate surface area is 153 Å². The largest absolute Gasteiger partial charge is 0.325 e. The van der Waals surface area contributed by atoms with Crippen LogP contribution in [0.25, 0.3) is 0 Å². The number of rotatable bonds is 5. The average Bonchev–Trinajstić information content (AvgIpc) is 2.94. The van der Waals surface area contributed by atoms with Crippen LogP contribution in [0.2, 0.25) is 9.36 Å². The second-order valence-electron chi connectivity index (χ2n) is 4.67. The lowest BCUT2D eigenvalue weighted by Gasteiger charge is -2.15. The van der Waals surface area contributed by atoms with Crippen LogP contribution in [0.3, 0.4) is 0 Å². The van der Waals surface area contributed by atoms with Crippen molar-refractivity contribution in [2.75, 3.05) is 18.9 Å². The topological polar surface area (TPSA) is 90.3 Å². The highest BCUT2D eigenvalue weighted by Crippen LogP contribution is 2.27. The van der Waals surface area contributed by atoms with Crippen LogP contribution >= 0.6 is 34.5 Å². The first kappa shape index (κ1) is 18.7. The molecule has 1 aromatic heterocycles. The molecule has 0 atom stereocenters. The molecule has 1 heterocycles. The van der Waals surface area contributed by atoms with Crippen molar-refractivity contribution < 1.29 is 13.2 Å². The lowest BCUT2D eigenvalue weighted by Crippen LogP contribution is -2.34. The van der Waals surface area contributed by atoms with Gasteiger partial charge in [-0.15, -0.1) is 11.3 Å². The molecule has 0 unspecified atom stereocenters. The summed E-state index contributed by atoms with van der Waals surface area (Å²) in [5, 5.41) is 11.5. The Morgan fingerprint density at radius 3 is 2.58 bits per heavy atom. The molecule has 0 bridgehead atoms. The number of carbonyl (C=O) groups excluding carboxylic acids is 1. The molecule has 126 valence electrons. The lowest BCUT2D eigenvalue weighted by molar-refractivity contribution is -0.116. The van der Waals surface area contributed by atoms with Crippen LogP contribution in [0.4, 0.5) is 5.69 Å². The molecule has 0 aliphatic heterocycles. The SMILES string of the molecule is CN(CC(=O)Nc1ccc(C#N)c(Cl)c1)S(=O)(=O)c1ccc(Cl)s1. The number of hydrogen-bond acceptors (Lipinski definition) is 5. The Hall–Kier alpha value is -1.63. The van der Waals surface area contributed by atoms with Crippen LogP contribution in [-0.2, 0) is 14.8 Å². The summed E-state index contributed by atoms with van der Waals surface area (Å²) < 4.78 is 26.0. The van der Waals surface area contributed by atoms with Crippen molar-refractivity contribution >= 4 is 56.2 Å². The molecule has 1 N–H and O–H groups in total. The van der Waals surface area contributed by atoms with Gasteiger partial charge in [0, 0.05) is 12.7 Å². The molecule has 0 saturated carbocycles. The first-order chi connectivity index (χ1) is 11.2. The average molecular weight is 404 g/mol. The Bertz CT molecular complexity index is 920. The predicted molar refractivity (Wildman–Crippen MR) is 93.9 cm³/mol. The third-order valence-electron chi connectivity index (χ3n) is 2.95. The van der Waals surface area contributed by atoms with E-state index in [4.69, 9.17) is 28.5 Å². The molecular formula is C14H11Cl2N3O3S2. The van der Waals surface area contributed by atoms with Gasteiger partial charge in [0.2, 0.25) is 5.91 Å². The maximum Gasteiger partial charge on any atom is 0.252 e. The summed E-state index contributed by atoms with van der Waals surface area (Å²) in [6.07, 6.45) is 0. The van der Waals surface area contributed by atoms with Crippen molar-refractivity contribution in [1.29, 1.82) is 5.26 Å². The van der Waals surface area contributed by atoms with E-state index in [2.05, 4.69) is 5.32 Å². The minimum absolute atomic E-state index is 0.0595. The van der Waals surface area contributed by atoms with Crippen LogP contribution in [0, 0.1) is 11.3 Å². The van der Waals surface area contributed by atoms with Crippen LogP contribution in [0.1, 0.15) is 5.56 Å². The van der Waals surface area contributed by atoms with E-state index in [0.717, 1.165) is 15.6 Å². The molecule has 24 heavy (non-hydrogen) atoms. The molecular weight excluding hydrogens is 393 g/mol. The lowest BCUT2D eigenvalue weighted by atomic mass is 10.2. The molecule has 0 radical (unpaired) electrons. The summed E-state index contributed by atoms with van der Waals surface area (Å²) in [7, 11) is -2.49. The highest BCUT2D eigenvalue weighted by atomic mass is 35.5. The highest BCUT2D eigenvalue weighted by Gasteiger charge is 2.24. The number of hydrogen-bond donors (Lipinski definition) is 1. The standard InChI is InChI=1S/C14H11Cl2N3O3S2/c1-19(24(21,22)14-5-4-12(16)23-14)8-13(20)18-10-3-2-9(7-17)11(15)6-10/h2-6H,8H2,1H3,(H,18,20). The molecule has 10 heteroatoms. The zero-order chi connectivity index (χ0) is 17.9. The van der Waals surface area contributed by atoms with Crippen LogP contribution in [0.15, 0.2) is 34.5 Å². The van der Waals surface area contributed by atoms with Gasteiger partial charge in [-0.2, -0.15) is 9.57 Å². The first-order valence-electron chi connectivity index (χ1n) is 6.45. The molecule has 1 amide bonds. The third-order valence-corrected chi connectivity index (χ3v) is 6.77. The number of anilines is 1. The summed E-state index contributed by atoms with van der Waals surface area (Å²) >= 11 is 12.5. The molecule has 0 aliphatic carbocycles. The van der Waals surface area contributed by atoms with E-state index in [1.807, 2.05) is 6.07 Å². The van der Waals surface area contributed by atoms with Crippen LogP contribution < -0.4 is 5.32 Å². The fraction of sp³-hybridized carbons (Fsp3) is 0.143. The summed E-state index contributed by atoms with van der Waals surface area (Å²) in [4.78, 5) is 12.0. The van der Waals surface area contributed by atoms with Crippen molar-refractivity contribution in [3.05, 3.63) is 45.3 Å². The summed E-state index contributed by atoms with van der Waals surface area (Å²) in [5.41, 5.74) is 0.651. The van der Waals surface area contributed by atoms with E-state index in [1.165, 1.54) is 37.4 Å². The van der Waals surface area contributed by atoms with E-state index < -0.39 is 15.9 Å². The summed E-state index contributed by atoms with van der Waals surface area (Å²) in [5.74, 6) is -0.537. The molecule has 6 nitrogen and oxygen atoms in total. The van der Waals surface area contributed by atoms with E-state index in [-0.39, 0.29) is 21.3 Å². The van der Waals surface area contributed by atoms with Gasteiger partial charge in [-0.3, -0.25) is 4.79 Å². The quantitative estimate of drug-likeness (QED) is 0.829. The van der Waals surface area contributed by atoms with Gasteiger partial charge in [0.1, 0.15) is 10.3 Å². The molecule has 1 aromatic carbocycles. The first-order valence-corrected chi connectivity index (χ1v) is 9.46. The smallest absolute Gasteiger partial charge is 0.252 e. The monoisotopic (exact) mass is 403 g/mol. The fourth-order valence-electron chi connectivity index (χ4n) is 1.76. The van der Waals surface area contributed by atoms with Crippen molar-refractivity contribution in [3.63, 3.8) is 0 Å². The molecule has 0 saturated heterocycles. The van der Waals surface area contributed by atoms with Crippen molar-refractivity contribution in [1.82, 2.24) is 4.31 Å². The number of sulfonamides is 1. The van der Waals surface area contributed by atoms with Crippen LogP contribution in [-0.4, -0.2) is 32.2 Å². The predicted octanol–water partition coefficient (Wildman–Crippen LogP) is 3.19. The number of nitrogens with one attached hydrogen (secondary N) is 1. The van der Waals surface area contributed by atoms with E-state index >= 15 is 0 Å². The number of nitriles is 1.